The van der Waals surface area contributed by atoms with Gasteiger partial charge in [-0.15, -0.1) is 0 Å². The number of amides is 1. The molecule has 0 aromatic heterocycles. The van der Waals surface area contributed by atoms with Crippen molar-refractivity contribution in [3.8, 4) is 0 Å². The Morgan fingerprint density at radius 1 is 1.32 bits per heavy atom. The largest absolute Gasteiger partial charge is 0.396 e. The lowest BCUT2D eigenvalue weighted by Crippen LogP contribution is -2.23. The summed E-state index contributed by atoms with van der Waals surface area (Å²) in [5.41, 5.74) is 18.6. The molecule has 0 aliphatic carbocycles. The summed E-state index contributed by atoms with van der Waals surface area (Å²) in [5.74, 6) is -0.789. The van der Waals surface area contributed by atoms with Crippen LogP contribution in [0, 0.1) is 5.82 Å². The standard InChI is InChI=1S/C19H27FN4O/c1-2-5-15(17(22)6-3-4-11-21)8-10-19(25)24-13-14-7-9-18(23)16(20)12-14/h2,5,7-10,12,17H,1,3-4,6,11,13,21-23H2,(H,24,25)/b10-8+,15-5-. The summed E-state index contributed by atoms with van der Waals surface area (Å²) < 4.78 is 13.4. The Hall–Kier alpha value is -2.44. The average molecular weight is 346 g/mol. The Morgan fingerprint density at radius 3 is 2.72 bits per heavy atom. The van der Waals surface area contributed by atoms with E-state index in [9.17, 15) is 9.18 Å². The molecule has 1 aromatic rings. The van der Waals surface area contributed by atoms with E-state index in [1.807, 2.05) is 0 Å². The normalized spacial score (nSPS) is 13.0. The first-order valence-corrected chi connectivity index (χ1v) is 8.26. The fraction of sp³-hybridized carbons (Fsp3) is 0.316. The second kappa shape index (κ2) is 11.2. The predicted molar refractivity (Wildman–Crippen MR) is 101 cm³/mol. The van der Waals surface area contributed by atoms with Crippen molar-refractivity contribution in [2.75, 3.05) is 12.3 Å². The number of nitrogens with two attached hydrogens (primary N) is 3. The van der Waals surface area contributed by atoms with E-state index in [2.05, 4.69) is 11.9 Å². The fourth-order valence-electron chi connectivity index (χ4n) is 2.21. The van der Waals surface area contributed by atoms with Crippen molar-refractivity contribution in [3.05, 3.63) is 66.0 Å². The topological polar surface area (TPSA) is 107 Å². The van der Waals surface area contributed by atoms with Gasteiger partial charge in [0.15, 0.2) is 0 Å². The molecule has 0 spiro atoms. The summed E-state index contributed by atoms with van der Waals surface area (Å²) in [7, 11) is 0. The van der Waals surface area contributed by atoms with Crippen LogP contribution in [0.2, 0.25) is 0 Å². The first kappa shape index (κ1) is 20.6. The molecule has 1 rings (SSSR count). The molecule has 25 heavy (non-hydrogen) atoms. The van der Waals surface area contributed by atoms with E-state index in [0.717, 1.165) is 24.8 Å². The Morgan fingerprint density at radius 2 is 2.08 bits per heavy atom. The minimum Gasteiger partial charge on any atom is -0.396 e. The number of halogens is 1. The number of nitrogens with one attached hydrogen (secondary N) is 1. The van der Waals surface area contributed by atoms with Crippen LogP contribution >= 0.6 is 0 Å². The molecule has 0 aliphatic heterocycles. The fourth-order valence-corrected chi connectivity index (χ4v) is 2.21. The van der Waals surface area contributed by atoms with E-state index in [-0.39, 0.29) is 24.2 Å². The molecule has 0 saturated heterocycles. The van der Waals surface area contributed by atoms with Crippen molar-refractivity contribution in [2.24, 2.45) is 11.5 Å². The van der Waals surface area contributed by atoms with Gasteiger partial charge < -0.3 is 22.5 Å². The number of rotatable bonds is 10. The van der Waals surface area contributed by atoms with Gasteiger partial charge in [-0.25, -0.2) is 4.39 Å². The van der Waals surface area contributed by atoms with Gasteiger partial charge >= 0.3 is 0 Å². The van der Waals surface area contributed by atoms with Crippen LogP contribution in [0.15, 0.2) is 54.7 Å². The van der Waals surface area contributed by atoms with Gasteiger partial charge in [-0.2, -0.15) is 0 Å². The molecular formula is C19H27FN4O. The molecule has 0 radical (unpaired) electrons. The van der Waals surface area contributed by atoms with E-state index in [1.165, 1.54) is 18.2 Å². The number of benzene rings is 1. The molecule has 1 unspecified atom stereocenters. The van der Waals surface area contributed by atoms with E-state index < -0.39 is 5.82 Å². The zero-order chi connectivity index (χ0) is 18.7. The summed E-state index contributed by atoms with van der Waals surface area (Å²) in [5, 5.41) is 2.69. The number of allylic oxidation sites excluding steroid dienone is 2. The lowest BCUT2D eigenvalue weighted by Gasteiger charge is -2.12. The van der Waals surface area contributed by atoms with Gasteiger partial charge in [0.25, 0.3) is 0 Å². The van der Waals surface area contributed by atoms with Crippen LogP contribution in [0.3, 0.4) is 0 Å². The van der Waals surface area contributed by atoms with Crippen LogP contribution in [0.1, 0.15) is 24.8 Å². The van der Waals surface area contributed by atoms with Crippen LogP contribution in [0.5, 0.6) is 0 Å². The van der Waals surface area contributed by atoms with Gasteiger partial charge in [0.1, 0.15) is 5.82 Å². The van der Waals surface area contributed by atoms with Crippen molar-refractivity contribution in [2.45, 2.75) is 31.8 Å². The quantitative estimate of drug-likeness (QED) is 0.225. The molecule has 136 valence electrons. The summed E-state index contributed by atoms with van der Waals surface area (Å²) in [6.45, 7) is 4.51. The minimum atomic E-state index is -0.498. The SMILES string of the molecule is C=C/C=C(/C=C/C(=O)NCc1ccc(N)c(F)c1)C(N)CCCCN. The van der Waals surface area contributed by atoms with Gasteiger partial charge in [-0.05, 0) is 42.7 Å². The van der Waals surface area contributed by atoms with Crippen molar-refractivity contribution < 1.29 is 9.18 Å². The van der Waals surface area contributed by atoms with E-state index in [1.54, 1.807) is 24.3 Å². The van der Waals surface area contributed by atoms with E-state index in [4.69, 9.17) is 17.2 Å². The number of hydrogen-bond acceptors (Lipinski definition) is 4. The molecule has 0 heterocycles. The highest BCUT2D eigenvalue weighted by Crippen LogP contribution is 2.12. The zero-order valence-corrected chi connectivity index (χ0v) is 14.4. The Labute approximate surface area is 148 Å². The number of hydrogen-bond donors (Lipinski definition) is 4. The molecule has 1 aromatic carbocycles. The maximum Gasteiger partial charge on any atom is 0.244 e. The van der Waals surface area contributed by atoms with Gasteiger partial charge in [-0.1, -0.05) is 37.3 Å². The number of carbonyl (C=O) groups is 1. The second-order valence-corrected chi connectivity index (χ2v) is 5.70. The maximum atomic E-state index is 13.4. The van der Waals surface area contributed by atoms with Crippen molar-refractivity contribution in [1.29, 1.82) is 0 Å². The molecule has 5 nitrogen and oxygen atoms in total. The van der Waals surface area contributed by atoms with Gasteiger partial charge in [0, 0.05) is 18.7 Å². The summed E-state index contributed by atoms with van der Waals surface area (Å²) in [6.07, 6.45) is 9.13. The molecule has 6 heteroatoms. The summed E-state index contributed by atoms with van der Waals surface area (Å²) in [4.78, 5) is 11.9. The lowest BCUT2D eigenvalue weighted by atomic mass is 10.0. The third-order valence-electron chi connectivity index (χ3n) is 3.67. The smallest absolute Gasteiger partial charge is 0.244 e. The molecule has 0 saturated carbocycles. The Bertz CT molecular complexity index is 640. The van der Waals surface area contributed by atoms with Crippen LogP contribution in [-0.4, -0.2) is 18.5 Å². The first-order chi connectivity index (χ1) is 12.0. The third-order valence-corrected chi connectivity index (χ3v) is 3.67. The molecule has 1 atom stereocenters. The van der Waals surface area contributed by atoms with Crippen molar-refractivity contribution in [3.63, 3.8) is 0 Å². The molecule has 1 amide bonds. The lowest BCUT2D eigenvalue weighted by molar-refractivity contribution is -0.116. The highest BCUT2D eigenvalue weighted by Gasteiger charge is 2.07. The molecule has 0 aliphatic rings. The highest BCUT2D eigenvalue weighted by molar-refractivity contribution is 5.88. The minimum absolute atomic E-state index is 0.0813. The number of anilines is 1. The number of nitrogen functional groups attached to an aromatic ring is 1. The molecule has 0 bridgehead atoms. The van der Waals surface area contributed by atoms with Crippen molar-refractivity contribution in [1.82, 2.24) is 5.32 Å². The second-order valence-electron chi connectivity index (χ2n) is 5.70. The Balaban J connectivity index is 2.57. The first-order valence-electron chi connectivity index (χ1n) is 8.26. The van der Waals surface area contributed by atoms with E-state index >= 15 is 0 Å². The van der Waals surface area contributed by atoms with Crippen LogP contribution in [-0.2, 0) is 11.3 Å². The summed E-state index contributed by atoms with van der Waals surface area (Å²) in [6, 6.07) is 4.26. The van der Waals surface area contributed by atoms with E-state index in [0.29, 0.717) is 12.1 Å². The summed E-state index contributed by atoms with van der Waals surface area (Å²) >= 11 is 0. The van der Waals surface area contributed by atoms with Crippen LogP contribution in [0.4, 0.5) is 10.1 Å². The average Bonchev–Trinajstić information content (AvgIpc) is 2.59. The number of carbonyl (C=O) groups excluding carboxylic acids is 1. The third kappa shape index (κ3) is 7.78. The zero-order valence-electron chi connectivity index (χ0n) is 14.4. The highest BCUT2D eigenvalue weighted by atomic mass is 19.1. The van der Waals surface area contributed by atoms with Gasteiger partial charge in [0.05, 0.1) is 5.69 Å². The Kier molecular flexibility index (Phi) is 9.21. The maximum absolute atomic E-state index is 13.4. The predicted octanol–water partition coefficient (Wildman–Crippen LogP) is 2.15. The van der Waals surface area contributed by atoms with Gasteiger partial charge in [-0.3, -0.25) is 4.79 Å². The monoisotopic (exact) mass is 346 g/mol. The van der Waals surface area contributed by atoms with Crippen LogP contribution in [0.25, 0.3) is 0 Å². The van der Waals surface area contributed by atoms with Crippen LogP contribution < -0.4 is 22.5 Å². The molecule has 0 fully saturated rings. The molecular weight excluding hydrogens is 319 g/mol. The van der Waals surface area contributed by atoms with Gasteiger partial charge in [0.2, 0.25) is 5.91 Å². The molecule has 7 N–H and O–H groups in total. The van der Waals surface area contributed by atoms with Crippen molar-refractivity contribution >= 4 is 11.6 Å². The number of unbranched alkanes of at least 4 members (excludes halogenated alkanes) is 1.